The van der Waals surface area contributed by atoms with Gasteiger partial charge in [0.1, 0.15) is 0 Å². The molecule has 1 fully saturated rings. The number of rotatable bonds is 4. The van der Waals surface area contributed by atoms with Crippen LogP contribution in [0, 0.1) is 54.3 Å². The van der Waals surface area contributed by atoms with Gasteiger partial charge in [0.2, 0.25) is 5.90 Å². The molecule has 1 aliphatic carbocycles. The summed E-state index contributed by atoms with van der Waals surface area (Å²) in [5, 5.41) is 16.9. The van der Waals surface area contributed by atoms with Gasteiger partial charge in [-0.2, -0.15) is 26.3 Å². The fourth-order valence-electron chi connectivity index (χ4n) is 3.45. The molecular formula is C16H16F12NO2U-. The van der Waals surface area contributed by atoms with Crippen LogP contribution in [0.5, 0.6) is 0 Å². The fourth-order valence-corrected chi connectivity index (χ4v) is 3.45. The maximum absolute atomic E-state index is 13.2. The molecule has 1 rings (SSSR count). The van der Waals surface area contributed by atoms with Crippen molar-refractivity contribution in [2.45, 2.75) is 62.6 Å². The second kappa shape index (κ2) is 9.93. The molecule has 3 unspecified atom stereocenters. The molecule has 3 nitrogen and oxygen atoms in total. The van der Waals surface area contributed by atoms with Gasteiger partial charge in [0.15, 0.2) is 0 Å². The minimum atomic E-state index is -6.47. The van der Waals surface area contributed by atoms with Crippen molar-refractivity contribution in [3.63, 3.8) is 0 Å². The SMILES string of the molecule is C=C(C)C(=N)OC1CC([C-](C(F)(F)F)C(F)(F)F)CC(C(O)(C(F)(F)F)C(F)(F)F)C1.[U]. The van der Waals surface area contributed by atoms with E-state index in [0.717, 1.165) is 6.92 Å². The Labute approximate surface area is 197 Å². The summed E-state index contributed by atoms with van der Waals surface area (Å²) in [6, 6.07) is 0. The van der Waals surface area contributed by atoms with E-state index in [1.54, 1.807) is 0 Å². The quantitative estimate of drug-likeness (QED) is 0.165. The van der Waals surface area contributed by atoms with Crippen molar-refractivity contribution in [2.75, 3.05) is 0 Å². The molecule has 0 amide bonds. The molecule has 0 spiro atoms. The maximum Gasteiger partial charge on any atom is 0.426 e. The largest absolute Gasteiger partial charge is 0.475 e. The molecule has 0 aromatic rings. The van der Waals surface area contributed by atoms with Crippen molar-refractivity contribution in [3.05, 3.63) is 18.1 Å². The summed E-state index contributed by atoms with van der Waals surface area (Å²) in [6.45, 7) is 4.28. The molecule has 0 saturated heterocycles. The summed E-state index contributed by atoms with van der Waals surface area (Å²) < 4.78 is 162. The third-order valence-corrected chi connectivity index (χ3v) is 4.81. The van der Waals surface area contributed by atoms with Crippen LogP contribution in [0.4, 0.5) is 52.7 Å². The summed E-state index contributed by atoms with van der Waals surface area (Å²) in [7, 11) is 0. The molecule has 16 heteroatoms. The summed E-state index contributed by atoms with van der Waals surface area (Å²) in [4.78, 5) is 0. The Kier molecular flexibility index (Phi) is 9.74. The number of alkyl halides is 12. The summed E-state index contributed by atoms with van der Waals surface area (Å²) in [6.07, 6.45) is -31.9. The predicted molar refractivity (Wildman–Crippen MR) is 80.7 cm³/mol. The Bertz CT molecular complexity index is 654. The monoisotopic (exact) mass is 720 g/mol. The van der Waals surface area contributed by atoms with Crippen LogP contribution >= 0.6 is 0 Å². The molecule has 3 atom stereocenters. The van der Waals surface area contributed by atoms with Gasteiger partial charge < -0.3 is 9.84 Å². The Morgan fingerprint density at radius 2 is 1.28 bits per heavy atom. The van der Waals surface area contributed by atoms with Crippen LogP contribution in [0.1, 0.15) is 26.2 Å². The average Bonchev–Trinajstić information content (AvgIpc) is 2.48. The van der Waals surface area contributed by atoms with Crippen molar-refractivity contribution in [1.29, 1.82) is 5.41 Å². The standard InChI is InChI=1S/C16H16F12NO2.U/c1-6(2)11(29)31-9-4-7(10(13(17,18)19)14(20,21)22)3-8(5-9)12(30,15(23,24)25)16(26,27)28;/h7-9,29-30H,1,3-5H2,2H3;/q-1;. The average molecular weight is 720 g/mol. The summed E-state index contributed by atoms with van der Waals surface area (Å²) in [5.74, 6) is -10.2. The van der Waals surface area contributed by atoms with Crippen LogP contribution in [0.15, 0.2) is 12.2 Å². The van der Waals surface area contributed by atoms with E-state index in [1.165, 1.54) is 0 Å². The van der Waals surface area contributed by atoms with Crippen molar-refractivity contribution in [1.82, 2.24) is 0 Å². The first kappa shape index (κ1) is 31.4. The van der Waals surface area contributed by atoms with Gasteiger partial charge in [0.05, 0.1) is 6.10 Å². The first-order valence-corrected chi connectivity index (χ1v) is 8.31. The van der Waals surface area contributed by atoms with Crippen molar-refractivity contribution in [3.8, 4) is 0 Å². The molecule has 0 aromatic heterocycles. The Morgan fingerprint density at radius 3 is 1.59 bits per heavy atom. The van der Waals surface area contributed by atoms with Crippen molar-refractivity contribution >= 4 is 5.90 Å². The molecule has 0 bridgehead atoms. The van der Waals surface area contributed by atoms with Gasteiger partial charge >= 0.3 is 12.4 Å². The minimum Gasteiger partial charge on any atom is -0.475 e. The van der Waals surface area contributed by atoms with Crippen LogP contribution < -0.4 is 0 Å². The molecule has 0 radical (unpaired) electrons. The molecule has 0 heterocycles. The van der Waals surface area contributed by atoms with Crippen LogP contribution in [0.25, 0.3) is 0 Å². The first-order chi connectivity index (χ1) is 13.5. The van der Waals surface area contributed by atoms with E-state index in [4.69, 9.17) is 10.1 Å². The van der Waals surface area contributed by atoms with Crippen LogP contribution in [-0.4, -0.2) is 47.4 Å². The van der Waals surface area contributed by atoms with E-state index in [2.05, 4.69) is 6.58 Å². The normalized spacial score (nSPS) is 23.5. The van der Waals surface area contributed by atoms with Gasteiger partial charge in [-0.25, -0.2) is 26.3 Å². The third kappa shape index (κ3) is 6.71. The van der Waals surface area contributed by atoms with E-state index in [9.17, 15) is 57.8 Å². The Morgan fingerprint density at radius 1 is 0.875 bits per heavy atom. The second-order valence-electron chi connectivity index (χ2n) is 7.12. The predicted octanol–water partition coefficient (Wildman–Crippen LogP) is 5.90. The van der Waals surface area contributed by atoms with Crippen LogP contribution in [-0.2, 0) is 4.74 Å². The van der Waals surface area contributed by atoms with Crippen molar-refractivity contribution in [2.24, 2.45) is 11.8 Å². The maximum atomic E-state index is 13.2. The molecule has 186 valence electrons. The molecule has 0 aromatic carbocycles. The van der Waals surface area contributed by atoms with E-state index in [1.807, 2.05) is 0 Å². The number of hydrogen-bond acceptors (Lipinski definition) is 3. The fraction of sp³-hybridized carbons (Fsp3) is 0.750. The third-order valence-electron chi connectivity index (χ3n) is 4.81. The Balaban J connectivity index is 0.00000961. The van der Waals surface area contributed by atoms with Gasteiger partial charge in [-0.15, -0.1) is 11.8 Å². The minimum absolute atomic E-state index is 0. The van der Waals surface area contributed by atoms with Crippen molar-refractivity contribution < 1.29 is 93.6 Å². The van der Waals surface area contributed by atoms with E-state index >= 15 is 0 Å². The van der Waals surface area contributed by atoms with Gasteiger partial charge in [0.25, 0.3) is 18.0 Å². The van der Waals surface area contributed by atoms with E-state index in [0.29, 0.717) is 0 Å². The van der Waals surface area contributed by atoms with Gasteiger partial charge in [-0.1, -0.05) is 13.0 Å². The summed E-state index contributed by atoms with van der Waals surface area (Å²) in [5.41, 5.74) is -5.84. The number of aliphatic hydroxyl groups is 1. The number of halogens is 12. The topological polar surface area (TPSA) is 53.3 Å². The van der Waals surface area contributed by atoms with Crippen LogP contribution in [0.2, 0.25) is 0 Å². The molecule has 0 aliphatic heterocycles. The Hall–Kier alpha value is -0.618. The number of hydrogen-bond donors (Lipinski definition) is 2. The molecular weight excluding hydrogens is 704 g/mol. The van der Waals surface area contributed by atoms with Gasteiger partial charge in [-0.3, -0.25) is 5.41 Å². The molecule has 2 N–H and O–H groups in total. The summed E-state index contributed by atoms with van der Waals surface area (Å²) >= 11 is 0. The van der Waals surface area contributed by atoms with Crippen LogP contribution in [0.3, 0.4) is 0 Å². The van der Waals surface area contributed by atoms with Gasteiger partial charge in [-0.05, 0) is 19.8 Å². The second-order valence-corrected chi connectivity index (χ2v) is 7.12. The smallest absolute Gasteiger partial charge is 0.426 e. The number of ether oxygens (including phenoxy) is 1. The van der Waals surface area contributed by atoms with E-state index < -0.39 is 79.3 Å². The van der Waals surface area contributed by atoms with Gasteiger partial charge in [0, 0.05) is 42.6 Å². The molecule has 1 saturated carbocycles. The zero-order valence-electron chi connectivity index (χ0n) is 16.0. The molecule has 1 aliphatic rings. The zero-order chi connectivity index (χ0) is 24.8. The zero-order valence-corrected chi connectivity index (χ0v) is 20.1. The van der Waals surface area contributed by atoms with E-state index in [-0.39, 0.29) is 36.7 Å². The first-order valence-electron chi connectivity index (χ1n) is 8.31. The number of nitrogens with one attached hydrogen (secondary N) is 1. The molecule has 32 heavy (non-hydrogen) atoms.